The molecular weight excluding hydrogens is 531 g/mol. The average molecular weight is 551 g/mol. The fourth-order valence-electron chi connectivity index (χ4n) is 2.87. The highest BCUT2D eigenvalue weighted by Crippen LogP contribution is 2.25. The van der Waals surface area contributed by atoms with Gasteiger partial charge in [0, 0.05) is 18.6 Å². The van der Waals surface area contributed by atoms with Gasteiger partial charge < -0.3 is 15.2 Å². The summed E-state index contributed by atoms with van der Waals surface area (Å²) >= 11 is 4.00. The standard InChI is InChI=1S/C22H20BrFN4O5S/c1-27-20(30)18(21(31)28(2)22(27)32)19(25-13-5-7-14(33-3)8-6-13)34-11-17(29)26-16-9-4-12(23)10-15(16)24/h4-10,30H,11H2,1-3H3,(H,26,29). The number of anilines is 1. The Morgan fingerprint density at radius 3 is 2.47 bits per heavy atom. The van der Waals surface area contributed by atoms with Crippen molar-refractivity contribution in [1.82, 2.24) is 9.13 Å². The molecule has 1 aromatic heterocycles. The lowest BCUT2D eigenvalue weighted by molar-refractivity contribution is -0.113. The molecule has 0 fully saturated rings. The van der Waals surface area contributed by atoms with Crippen molar-refractivity contribution in [2.75, 3.05) is 18.2 Å². The van der Waals surface area contributed by atoms with Crippen molar-refractivity contribution in [2.24, 2.45) is 19.1 Å². The van der Waals surface area contributed by atoms with Crippen LogP contribution in [0.2, 0.25) is 0 Å². The number of aromatic hydroxyl groups is 1. The number of hydrogen-bond acceptors (Lipinski definition) is 7. The first kappa shape index (κ1) is 25.2. The molecule has 34 heavy (non-hydrogen) atoms. The van der Waals surface area contributed by atoms with E-state index in [1.165, 1.54) is 33.3 Å². The quantitative estimate of drug-likeness (QED) is 0.360. The lowest BCUT2D eigenvalue weighted by atomic mass is 10.3. The number of amides is 1. The number of carbonyl (C=O) groups excluding carboxylic acids is 1. The van der Waals surface area contributed by atoms with Crippen molar-refractivity contribution in [1.29, 1.82) is 0 Å². The van der Waals surface area contributed by atoms with E-state index >= 15 is 0 Å². The zero-order valence-electron chi connectivity index (χ0n) is 18.3. The Balaban J connectivity index is 1.97. The molecular formula is C22H20BrFN4O5S. The van der Waals surface area contributed by atoms with Crippen LogP contribution >= 0.6 is 27.7 Å². The van der Waals surface area contributed by atoms with Crippen LogP contribution in [-0.2, 0) is 18.9 Å². The number of ether oxygens (including phenoxy) is 1. The summed E-state index contributed by atoms with van der Waals surface area (Å²) in [5.74, 6) is -1.44. The molecule has 0 saturated carbocycles. The Bertz CT molecular complexity index is 1390. The van der Waals surface area contributed by atoms with Crippen LogP contribution in [0.4, 0.5) is 15.8 Å². The summed E-state index contributed by atoms with van der Waals surface area (Å²) in [6.07, 6.45) is 0. The molecule has 2 aromatic carbocycles. The van der Waals surface area contributed by atoms with Gasteiger partial charge >= 0.3 is 5.69 Å². The molecule has 0 saturated heterocycles. The lowest BCUT2D eigenvalue weighted by Gasteiger charge is -2.13. The van der Waals surface area contributed by atoms with Gasteiger partial charge in [-0.05, 0) is 42.5 Å². The monoisotopic (exact) mass is 550 g/mol. The number of methoxy groups -OCH3 is 1. The zero-order chi connectivity index (χ0) is 25.0. The van der Waals surface area contributed by atoms with Gasteiger partial charge in [0.15, 0.2) is 0 Å². The summed E-state index contributed by atoms with van der Waals surface area (Å²) in [7, 11) is 4.09. The number of aliphatic imine (C=N–C) groups is 1. The van der Waals surface area contributed by atoms with Crippen molar-refractivity contribution >= 4 is 50.0 Å². The van der Waals surface area contributed by atoms with Crippen molar-refractivity contribution in [2.45, 2.75) is 0 Å². The molecule has 0 spiro atoms. The van der Waals surface area contributed by atoms with Crippen molar-refractivity contribution in [3.8, 4) is 11.6 Å². The van der Waals surface area contributed by atoms with E-state index in [0.29, 0.717) is 15.9 Å². The first-order chi connectivity index (χ1) is 16.1. The predicted octanol–water partition coefficient (Wildman–Crippen LogP) is 3.15. The maximum atomic E-state index is 14.1. The van der Waals surface area contributed by atoms with Crippen molar-refractivity contribution < 1.29 is 19.0 Å². The van der Waals surface area contributed by atoms with Gasteiger partial charge in [-0.25, -0.2) is 14.2 Å². The SMILES string of the molecule is COc1ccc(N=C(SCC(=O)Nc2ccc(Br)cc2F)c2c(O)n(C)c(=O)n(C)c2=O)cc1. The van der Waals surface area contributed by atoms with Crippen molar-refractivity contribution in [3.63, 3.8) is 0 Å². The minimum Gasteiger partial charge on any atom is -0.497 e. The molecule has 0 aliphatic carbocycles. The second kappa shape index (κ2) is 10.7. The minimum atomic E-state index is -0.778. The van der Waals surface area contributed by atoms with Crippen LogP contribution in [0.15, 0.2) is 61.5 Å². The third-order valence-corrected chi connectivity index (χ3v) is 6.16. The zero-order valence-corrected chi connectivity index (χ0v) is 20.7. The number of carbonyl (C=O) groups is 1. The van der Waals surface area contributed by atoms with Gasteiger partial charge in [-0.3, -0.25) is 18.7 Å². The van der Waals surface area contributed by atoms with Crippen LogP contribution in [0.5, 0.6) is 11.6 Å². The highest BCUT2D eigenvalue weighted by Gasteiger charge is 2.22. The molecule has 3 rings (SSSR count). The topological polar surface area (TPSA) is 115 Å². The highest BCUT2D eigenvalue weighted by molar-refractivity contribution is 9.10. The van der Waals surface area contributed by atoms with Crippen LogP contribution in [0.1, 0.15) is 5.56 Å². The molecule has 1 amide bonds. The molecule has 0 atom stereocenters. The Labute approximate surface area is 206 Å². The maximum Gasteiger partial charge on any atom is 0.333 e. The van der Waals surface area contributed by atoms with Gasteiger partial charge in [0.05, 0.1) is 24.2 Å². The van der Waals surface area contributed by atoms with Crippen LogP contribution < -0.4 is 21.3 Å². The van der Waals surface area contributed by atoms with E-state index in [0.717, 1.165) is 20.9 Å². The van der Waals surface area contributed by atoms with E-state index in [2.05, 4.69) is 26.2 Å². The molecule has 9 nitrogen and oxygen atoms in total. The fraction of sp³-hybridized carbons (Fsp3) is 0.182. The lowest BCUT2D eigenvalue weighted by Crippen LogP contribution is -2.39. The summed E-state index contributed by atoms with van der Waals surface area (Å²) in [6, 6.07) is 10.8. The molecule has 2 N–H and O–H groups in total. The number of hydrogen-bond donors (Lipinski definition) is 2. The molecule has 0 radical (unpaired) electrons. The van der Waals surface area contributed by atoms with E-state index in [1.807, 2.05) is 0 Å². The van der Waals surface area contributed by atoms with Crippen LogP contribution in [-0.4, -0.2) is 38.1 Å². The average Bonchev–Trinajstić information content (AvgIpc) is 2.82. The van der Waals surface area contributed by atoms with E-state index in [9.17, 15) is 23.9 Å². The van der Waals surface area contributed by atoms with Gasteiger partial charge in [-0.15, -0.1) is 0 Å². The van der Waals surface area contributed by atoms with E-state index in [1.54, 1.807) is 30.3 Å². The molecule has 178 valence electrons. The van der Waals surface area contributed by atoms with E-state index < -0.39 is 28.9 Å². The van der Waals surface area contributed by atoms with Gasteiger partial charge in [0.1, 0.15) is 22.2 Å². The largest absolute Gasteiger partial charge is 0.497 e. The summed E-state index contributed by atoms with van der Waals surface area (Å²) in [4.78, 5) is 41.9. The Morgan fingerprint density at radius 2 is 1.85 bits per heavy atom. The minimum absolute atomic E-state index is 0.00490. The first-order valence-corrected chi connectivity index (χ1v) is 11.5. The van der Waals surface area contributed by atoms with Gasteiger partial charge in [0.2, 0.25) is 11.8 Å². The first-order valence-electron chi connectivity index (χ1n) is 9.72. The molecule has 12 heteroatoms. The number of rotatable bonds is 6. The van der Waals surface area contributed by atoms with Crippen LogP contribution in [0, 0.1) is 5.82 Å². The number of thioether (sulfide) groups is 1. The number of benzene rings is 2. The molecule has 0 aliphatic heterocycles. The normalized spacial score (nSPS) is 11.4. The van der Waals surface area contributed by atoms with Crippen molar-refractivity contribution in [3.05, 3.63) is 79.2 Å². The molecule has 0 bridgehead atoms. The summed E-state index contributed by atoms with van der Waals surface area (Å²) in [5, 5.41) is 13.0. The van der Waals surface area contributed by atoms with Crippen LogP contribution in [0.25, 0.3) is 0 Å². The number of aromatic nitrogens is 2. The number of nitrogens with zero attached hydrogens (tertiary/aromatic N) is 3. The molecule has 0 aliphatic rings. The third-order valence-electron chi connectivity index (χ3n) is 4.70. The van der Waals surface area contributed by atoms with Crippen LogP contribution in [0.3, 0.4) is 0 Å². The number of nitrogens with one attached hydrogen (secondary N) is 1. The Morgan fingerprint density at radius 1 is 1.18 bits per heavy atom. The predicted molar refractivity (Wildman–Crippen MR) is 133 cm³/mol. The summed E-state index contributed by atoms with van der Waals surface area (Å²) < 4.78 is 21.4. The summed E-state index contributed by atoms with van der Waals surface area (Å²) in [6.45, 7) is 0. The van der Waals surface area contributed by atoms with Gasteiger partial charge in [-0.2, -0.15) is 0 Å². The highest BCUT2D eigenvalue weighted by atomic mass is 79.9. The van der Waals surface area contributed by atoms with E-state index in [4.69, 9.17) is 4.74 Å². The molecule has 0 unspecified atom stereocenters. The smallest absolute Gasteiger partial charge is 0.333 e. The Kier molecular flexibility index (Phi) is 7.94. The maximum absolute atomic E-state index is 14.1. The van der Waals surface area contributed by atoms with Gasteiger partial charge in [-0.1, -0.05) is 27.7 Å². The molecule has 1 heterocycles. The fourth-order valence-corrected chi connectivity index (χ4v) is 4.03. The third kappa shape index (κ3) is 5.57. The second-order valence-corrected chi connectivity index (χ2v) is 8.86. The summed E-state index contributed by atoms with van der Waals surface area (Å²) in [5.41, 5.74) is -1.34. The van der Waals surface area contributed by atoms with Gasteiger partial charge in [0.25, 0.3) is 5.56 Å². The second-order valence-electron chi connectivity index (χ2n) is 6.98. The Hall–Kier alpha value is -3.38. The number of halogens is 2. The molecule has 3 aromatic rings. The van der Waals surface area contributed by atoms with E-state index in [-0.39, 0.29) is 22.0 Å².